The predicted octanol–water partition coefficient (Wildman–Crippen LogP) is 4.13. The Labute approximate surface area is 198 Å². The van der Waals surface area contributed by atoms with E-state index in [1.165, 1.54) is 40.6 Å². The number of carbonyl (C=O) groups is 1. The number of H-pyrrole nitrogens is 1. The Kier molecular flexibility index (Phi) is 5.82. The van der Waals surface area contributed by atoms with E-state index in [4.69, 9.17) is 4.98 Å². The second-order valence-electron chi connectivity index (χ2n) is 8.55. The molecule has 34 heavy (non-hydrogen) atoms. The highest BCUT2D eigenvalue weighted by atomic mass is 32.2. The normalized spacial score (nSPS) is 14.7. The molecule has 1 saturated heterocycles. The van der Waals surface area contributed by atoms with Gasteiger partial charge in [-0.25, -0.2) is 4.98 Å². The first-order valence-electron chi connectivity index (χ1n) is 11.1. The maximum atomic E-state index is 13.6. The number of hydrogen-bond acceptors (Lipinski definition) is 6. The summed E-state index contributed by atoms with van der Waals surface area (Å²) in [7, 11) is 0. The van der Waals surface area contributed by atoms with Gasteiger partial charge in [0, 0.05) is 36.1 Å². The van der Waals surface area contributed by atoms with Gasteiger partial charge in [0.2, 0.25) is 5.91 Å². The van der Waals surface area contributed by atoms with E-state index in [-0.39, 0.29) is 22.9 Å². The number of nitrogens with zero attached hydrogens (tertiary/aromatic N) is 4. The SMILES string of the molecule is CC1CCN(C(=O)CSc2nc3c([nH]c4ccccc43)c(=O)n2-c2ccc([N+](=O)[O-])cc2)CC1. The number of para-hydroxylation sites is 1. The molecule has 174 valence electrons. The predicted molar refractivity (Wildman–Crippen MR) is 132 cm³/mol. The van der Waals surface area contributed by atoms with Crippen LogP contribution in [-0.4, -0.2) is 49.1 Å². The quantitative estimate of drug-likeness (QED) is 0.200. The molecule has 2 aromatic heterocycles. The third-order valence-corrected chi connectivity index (χ3v) is 7.20. The van der Waals surface area contributed by atoms with Crippen LogP contribution in [0.15, 0.2) is 58.5 Å². The number of fused-ring (bicyclic) bond motifs is 3. The van der Waals surface area contributed by atoms with Gasteiger partial charge in [-0.2, -0.15) is 0 Å². The van der Waals surface area contributed by atoms with Crippen LogP contribution in [-0.2, 0) is 4.79 Å². The number of amides is 1. The highest BCUT2D eigenvalue weighted by molar-refractivity contribution is 7.99. The molecule has 0 saturated carbocycles. The first-order valence-corrected chi connectivity index (χ1v) is 12.1. The van der Waals surface area contributed by atoms with Crippen LogP contribution in [0.3, 0.4) is 0 Å². The summed E-state index contributed by atoms with van der Waals surface area (Å²) in [4.78, 5) is 46.8. The minimum absolute atomic E-state index is 0.0143. The molecule has 1 aliphatic heterocycles. The smallest absolute Gasteiger partial charge is 0.283 e. The number of thioether (sulfide) groups is 1. The molecule has 10 heteroatoms. The molecule has 0 atom stereocenters. The number of rotatable bonds is 5. The van der Waals surface area contributed by atoms with Gasteiger partial charge in [0.15, 0.2) is 5.16 Å². The number of non-ortho nitro benzene ring substituents is 1. The van der Waals surface area contributed by atoms with Gasteiger partial charge in [-0.15, -0.1) is 0 Å². The number of aromatic nitrogens is 3. The van der Waals surface area contributed by atoms with Gasteiger partial charge in [-0.3, -0.25) is 24.3 Å². The van der Waals surface area contributed by atoms with Crippen molar-refractivity contribution in [3.63, 3.8) is 0 Å². The number of hydrogen-bond donors (Lipinski definition) is 1. The standard InChI is InChI=1S/C24H23N5O4S/c1-15-10-12-27(13-11-15)20(30)14-34-24-26-21-18-4-2-3-5-19(18)25-22(21)23(31)28(24)16-6-8-17(9-7-16)29(32)33/h2-9,15,25H,10-14H2,1H3. The molecular weight excluding hydrogens is 454 g/mol. The van der Waals surface area contributed by atoms with Crippen LogP contribution in [0.1, 0.15) is 19.8 Å². The van der Waals surface area contributed by atoms with Crippen LogP contribution in [0, 0.1) is 16.0 Å². The lowest BCUT2D eigenvalue weighted by Gasteiger charge is -2.30. The van der Waals surface area contributed by atoms with E-state index in [1.807, 2.05) is 29.2 Å². The van der Waals surface area contributed by atoms with Crippen molar-refractivity contribution in [3.05, 3.63) is 69.0 Å². The Morgan fingerprint density at radius 2 is 1.88 bits per heavy atom. The van der Waals surface area contributed by atoms with E-state index < -0.39 is 4.92 Å². The zero-order chi connectivity index (χ0) is 23.8. The third-order valence-electron chi connectivity index (χ3n) is 6.27. The highest BCUT2D eigenvalue weighted by Crippen LogP contribution is 2.27. The largest absolute Gasteiger partial charge is 0.349 e. The molecule has 1 amide bonds. The van der Waals surface area contributed by atoms with Crippen molar-refractivity contribution in [1.82, 2.24) is 19.4 Å². The summed E-state index contributed by atoms with van der Waals surface area (Å²) in [5.41, 5.74) is 1.74. The zero-order valence-corrected chi connectivity index (χ0v) is 19.4. The molecule has 4 aromatic rings. The zero-order valence-electron chi connectivity index (χ0n) is 18.6. The second-order valence-corrected chi connectivity index (χ2v) is 9.50. The molecule has 0 aliphatic carbocycles. The van der Waals surface area contributed by atoms with Gasteiger partial charge >= 0.3 is 0 Å². The van der Waals surface area contributed by atoms with Crippen molar-refractivity contribution in [2.75, 3.05) is 18.8 Å². The van der Waals surface area contributed by atoms with E-state index in [2.05, 4.69) is 11.9 Å². The Morgan fingerprint density at radius 1 is 1.18 bits per heavy atom. The lowest BCUT2D eigenvalue weighted by atomic mass is 9.99. The summed E-state index contributed by atoms with van der Waals surface area (Å²) in [6, 6.07) is 13.3. The van der Waals surface area contributed by atoms with Crippen LogP contribution in [0.2, 0.25) is 0 Å². The molecule has 9 nitrogen and oxygen atoms in total. The van der Waals surface area contributed by atoms with Crippen molar-refractivity contribution in [1.29, 1.82) is 0 Å². The van der Waals surface area contributed by atoms with E-state index in [0.29, 0.717) is 27.8 Å². The highest BCUT2D eigenvalue weighted by Gasteiger charge is 2.23. The van der Waals surface area contributed by atoms with E-state index in [9.17, 15) is 19.7 Å². The number of benzene rings is 2. The molecule has 0 unspecified atom stereocenters. The van der Waals surface area contributed by atoms with Crippen LogP contribution in [0.25, 0.3) is 27.6 Å². The lowest BCUT2D eigenvalue weighted by molar-refractivity contribution is -0.384. The average Bonchev–Trinajstić information content (AvgIpc) is 3.22. The number of likely N-dealkylation sites (tertiary alicyclic amines) is 1. The summed E-state index contributed by atoms with van der Waals surface area (Å²) in [5, 5.41) is 12.3. The minimum Gasteiger partial charge on any atom is -0.349 e. The summed E-state index contributed by atoms with van der Waals surface area (Å²) in [5.74, 6) is 0.789. The number of carbonyl (C=O) groups excluding carboxylic acids is 1. The van der Waals surface area contributed by atoms with Gasteiger partial charge in [0.25, 0.3) is 11.2 Å². The van der Waals surface area contributed by atoms with Crippen LogP contribution in [0.4, 0.5) is 5.69 Å². The Hall–Kier alpha value is -3.66. The van der Waals surface area contributed by atoms with Crippen molar-refractivity contribution in [3.8, 4) is 5.69 Å². The van der Waals surface area contributed by atoms with Gasteiger partial charge in [0.1, 0.15) is 11.0 Å². The second kappa shape index (κ2) is 8.94. The number of aromatic amines is 1. The third kappa shape index (κ3) is 4.05. The van der Waals surface area contributed by atoms with Crippen molar-refractivity contribution >= 4 is 45.3 Å². The maximum Gasteiger partial charge on any atom is 0.283 e. The first-order chi connectivity index (χ1) is 16.4. The van der Waals surface area contributed by atoms with E-state index in [0.717, 1.165) is 36.8 Å². The van der Waals surface area contributed by atoms with Crippen LogP contribution >= 0.6 is 11.8 Å². The van der Waals surface area contributed by atoms with Gasteiger partial charge in [-0.05, 0) is 37.0 Å². The number of piperidine rings is 1. The monoisotopic (exact) mass is 477 g/mol. The minimum atomic E-state index is -0.487. The fourth-order valence-corrected chi connectivity index (χ4v) is 5.17. The molecule has 2 aromatic carbocycles. The molecular formula is C24H23N5O4S. The van der Waals surface area contributed by atoms with E-state index >= 15 is 0 Å². The average molecular weight is 478 g/mol. The fraction of sp³-hybridized carbons (Fsp3) is 0.292. The molecule has 3 heterocycles. The first kappa shape index (κ1) is 22.1. The summed E-state index contributed by atoms with van der Waals surface area (Å²) in [6.07, 6.45) is 1.98. The molecule has 0 spiro atoms. The number of nitrogens with one attached hydrogen (secondary N) is 1. The molecule has 1 aliphatic rings. The summed E-state index contributed by atoms with van der Waals surface area (Å²) >= 11 is 1.21. The Morgan fingerprint density at radius 3 is 2.59 bits per heavy atom. The summed E-state index contributed by atoms with van der Waals surface area (Å²) < 4.78 is 1.41. The maximum absolute atomic E-state index is 13.6. The topological polar surface area (TPSA) is 114 Å². The van der Waals surface area contributed by atoms with E-state index in [1.54, 1.807) is 0 Å². The van der Waals surface area contributed by atoms with Crippen molar-refractivity contribution in [2.45, 2.75) is 24.9 Å². The van der Waals surface area contributed by atoms with Crippen LogP contribution in [0.5, 0.6) is 0 Å². The number of nitro benzene ring substituents is 1. The molecule has 1 N–H and O–H groups in total. The summed E-state index contributed by atoms with van der Waals surface area (Å²) in [6.45, 7) is 3.68. The Balaban J connectivity index is 1.57. The Bertz CT molecular complexity index is 1450. The molecule has 0 radical (unpaired) electrons. The lowest BCUT2D eigenvalue weighted by Crippen LogP contribution is -2.39. The molecule has 0 bridgehead atoms. The van der Waals surface area contributed by atoms with Crippen LogP contribution < -0.4 is 5.56 Å². The fourth-order valence-electron chi connectivity index (χ4n) is 4.27. The van der Waals surface area contributed by atoms with Crippen molar-refractivity contribution in [2.24, 2.45) is 5.92 Å². The van der Waals surface area contributed by atoms with Gasteiger partial charge < -0.3 is 9.88 Å². The molecule has 5 rings (SSSR count). The van der Waals surface area contributed by atoms with Gasteiger partial charge in [-0.1, -0.05) is 36.9 Å². The van der Waals surface area contributed by atoms with Crippen molar-refractivity contribution < 1.29 is 9.72 Å². The van der Waals surface area contributed by atoms with Gasteiger partial charge in [0.05, 0.1) is 16.4 Å². The molecule has 1 fully saturated rings. The number of nitro groups is 1.